The Morgan fingerprint density at radius 3 is 2.88 bits per heavy atom. The minimum atomic E-state index is 0. The van der Waals surface area contributed by atoms with Crippen molar-refractivity contribution in [2.75, 3.05) is 20.2 Å². The number of ether oxygens (including phenoxy) is 1. The van der Waals surface area contributed by atoms with Crippen LogP contribution in [0.15, 0.2) is 40.7 Å². The standard InChI is InChI=1S/C18H23N3OS.HI/c1-13-8-10-23-17(13)12-21-18(19-2)20-11-14-7-9-22-16-6-4-3-5-15(14)16;/h3-6,8,10,14H,7,9,11-12H2,1-2H3,(H2,19,20,21);1H. The van der Waals surface area contributed by atoms with Gasteiger partial charge in [-0.25, -0.2) is 0 Å². The van der Waals surface area contributed by atoms with Gasteiger partial charge >= 0.3 is 0 Å². The normalized spacial score (nSPS) is 16.6. The molecule has 1 aromatic heterocycles. The molecule has 1 aliphatic heterocycles. The van der Waals surface area contributed by atoms with Crippen LogP contribution in [0.4, 0.5) is 0 Å². The van der Waals surface area contributed by atoms with Crippen molar-refractivity contribution in [1.82, 2.24) is 10.6 Å². The Balaban J connectivity index is 0.00000208. The lowest BCUT2D eigenvalue weighted by molar-refractivity contribution is 0.267. The number of para-hydroxylation sites is 1. The Kier molecular flexibility index (Phi) is 7.36. The molecule has 1 atom stereocenters. The van der Waals surface area contributed by atoms with E-state index in [4.69, 9.17) is 4.74 Å². The summed E-state index contributed by atoms with van der Waals surface area (Å²) in [5, 5.41) is 8.97. The SMILES string of the molecule is CN=C(NCc1sccc1C)NCC1CCOc2ccccc21.I. The van der Waals surface area contributed by atoms with E-state index in [1.54, 1.807) is 11.3 Å². The van der Waals surface area contributed by atoms with Crippen LogP contribution in [0, 0.1) is 6.92 Å². The molecule has 24 heavy (non-hydrogen) atoms. The molecule has 1 aliphatic rings. The summed E-state index contributed by atoms with van der Waals surface area (Å²) in [5.74, 6) is 2.33. The van der Waals surface area contributed by atoms with Crippen molar-refractivity contribution in [3.8, 4) is 5.75 Å². The van der Waals surface area contributed by atoms with Crippen molar-refractivity contribution in [1.29, 1.82) is 0 Å². The van der Waals surface area contributed by atoms with Crippen molar-refractivity contribution in [3.05, 3.63) is 51.7 Å². The van der Waals surface area contributed by atoms with Gasteiger partial charge in [0.05, 0.1) is 13.2 Å². The summed E-state index contributed by atoms with van der Waals surface area (Å²) in [6.07, 6.45) is 1.03. The summed E-state index contributed by atoms with van der Waals surface area (Å²) in [6, 6.07) is 10.5. The van der Waals surface area contributed by atoms with E-state index in [0.717, 1.165) is 37.8 Å². The second kappa shape index (κ2) is 9.27. The number of thiophene rings is 1. The monoisotopic (exact) mass is 457 g/mol. The van der Waals surface area contributed by atoms with Crippen molar-refractivity contribution < 1.29 is 4.74 Å². The molecule has 1 unspecified atom stereocenters. The predicted molar refractivity (Wildman–Crippen MR) is 112 cm³/mol. The van der Waals surface area contributed by atoms with Crippen molar-refractivity contribution >= 4 is 41.3 Å². The van der Waals surface area contributed by atoms with Gasteiger partial charge in [-0.15, -0.1) is 35.3 Å². The third kappa shape index (κ3) is 4.63. The first kappa shape index (κ1) is 19.1. The predicted octanol–water partition coefficient (Wildman–Crippen LogP) is 3.91. The Bertz CT molecular complexity index is 686. The first-order chi connectivity index (χ1) is 11.3. The molecule has 0 radical (unpaired) electrons. The maximum absolute atomic E-state index is 5.72. The molecule has 0 bridgehead atoms. The minimum Gasteiger partial charge on any atom is -0.493 e. The second-order valence-corrected chi connectivity index (χ2v) is 6.71. The lowest BCUT2D eigenvalue weighted by atomic mass is 9.93. The van der Waals surface area contributed by atoms with E-state index >= 15 is 0 Å². The van der Waals surface area contributed by atoms with Crippen molar-refractivity contribution in [2.45, 2.75) is 25.8 Å². The third-order valence-corrected chi connectivity index (χ3v) is 5.23. The summed E-state index contributed by atoms with van der Waals surface area (Å²) in [5.41, 5.74) is 2.62. The number of aliphatic imine (C=N–C) groups is 1. The van der Waals surface area contributed by atoms with Crippen LogP contribution in [-0.4, -0.2) is 26.2 Å². The van der Waals surface area contributed by atoms with Crippen LogP contribution in [-0.2, 0) is 6.54 Å². The van der Waals surface area contributed by atoms with Crippen LogP contribution < -0.4 is 15.4 Å². The lowest BCUT2D eigenvalue weighted by Crippen LogP contribution is -2.39. The Labute approximate surface area is 164 Å². The highest BCUT2D eigenvalue weighted by Crippen LogP contribution is 2.32. The molecule has 0 aliphatic carbocycles. The van der Waals surface area contributed by atoms with E-state index in [-0.39, 0.29) is 24.0 Å². The number of benzene rings is 1. The third-order valence-electron chi connectivity index (χ3n) is 4.21. The van der Waals surface area contributed by atoms with Gasteiger partial charge in [0.15, 0.2) is 5.96 Å². The molecular weight excluding hydrogens is 433 g/mol. The van der Waals surface area contributed by atoms with E-state index in [2.05, 4.69) is 46.1 Å². The summed E-state index contributed by atoms with van der Waals surface area (Å²) in [4.78, 5) is 5.68. The Hall–Kier alpha value is -1.28. The fourth-order valence-corrected chi connectivity index (χ4v) is 3.66. The van der Waals surface area contributed by atoms with Crippen LogP contribution in [0.1, 0.15) is 28.3 Å². The zero-order valence-electron chi connectivity index (χ0n) is 14.0. The van der Waals surface area contributed by atoms with Crippen LogP contribution in [0.5, 0.6) is 5.75 Å². The number of rotatable bonds is 4. The van der Waals surface area contributed by atoms with Gasteiger partial charge in [-0.05, 0) is 42.0 Å². The van der Waals surface area contributed by atoms with Gasteiger partial charge in [-0.1, -0.05) is 18.2 Å². The molecule has 0 fully saturated rings. The fourth-order valence-electron chi connectivity index (χ4n) is 2.82. The van der Waals surface area contributed by atoms with E-state index in [1.807, 2.05) is 19.2 Å². The average molecular weight is 457 g/mol. The zero-order chi connectivity index (χ0) is 16.1. The van der Waals surface area contributed by atoms with E-state index in [9.17, 15) is 0 Å². The number of nitrogens with zero attached hydrogens (tertiary/aromatic N) is 1. The number of fused-ring (bicyclic) bond motifs is 1. The first-order valence-electron chi connectivity index (χ1n) is 7.97. The number of guanidine groups is 1. The van der Waals surface area contributed by atoms with Crippen LogP contribution >= 0.6 is 35.3 Å². The molecule has 1 aromatic carbocycles. The molecule has 4 nitrogen and oxygen atoms in total. The smallest absolute Gasteiger partial charge is 0.191 e. The maximum atomic E-state index is 5.72. The topological polar surface area (TPSA) is 45.7 Å². The number of halogens is 1. The maximum Gasteiger partial charge on any atom is 0.191 e. The molecule has 0 saturated carbocycles. The largest absolute Gasteiger partial charge is 0.493 e. The van der Waals surface area contributed by atoms with Crippen LogP contribution in [0.25, 0.3) is 0 Å². The summed E-state index contributed by atoms with van der Waals surface area (Å²) >= 11 is 1.78. The van der Waals surface area contributed by atoms with Gasteiger partial charge in [0.1, 0.15) is 5.75 Å². The highest BCUT2D eigenvalue weighted by Gasteiger charge is 2.21. The molecule has 6 heteroatoms. The van der Waals surface area contributed by atoms with Gasteiger partial charge in [0.2, 0.25) is 0 Å². The van der Waals surface area contributed by atoms with Gasteiger partial charge < -0.3 is 15.4 Å². The van der Waals surface area contributed by atoms with Gasteiger partial charge in [0.25, 0.3) is 0 Å². The van der Waals surface area contributed by atoms with Crippen molar-refractivity contribution in [3.63, 3.8) is 0 Å². The van der Waals surface area contributed by atoms with E-state index in [0.29, 0.717) is 5.92 Å². The highest BCUT2D eigenvalue weighted by molar-refractivity contribution is 14.0. The van der Waals surface area contributed by atoms with Crippen molar-refractivity contribution in [2.24, 2.45) is 4.99 Å². The first-order valence-corrected chi connectivity index (χ1v) is 8.85. The highest BCUT2D eigenvalue weighted by atomic mass is 127. The Morgan fingerprint density at radius 1 is 1.29 bits per heavy atom. The number of nitrogens with one attached hydrogen (secondary N) is 2. The Morgan fingerprint density at radius 2 is 2.12 bits per heavy atom. The fraction of sp³-hybridized carbons (Fsp3) is 0.389. The number of aryl methyl sites for hydroxylation is 1. The molecule has 2 aromatic rings. The second-order valence-electron chi connectivity index (χ2n) is 5.71. The van der Waals surface area contributed by atoms with Gasteiger partial charge in [-0.2, -0.15) is 0 Å². The number of hydrogen-bond acceptors (Lipinski definition) is 3. The molecule has 2 N–H and O–H groups in total. The molecule has 2 heterocycles. The lowest BCUT2D eigenvalue weighted by Gasteiger charge is -2.26. The minimum absolute atomic E-state index is 0. The molecule has 0 amide bonds. The molecule has 130 valence electrons. The zero-order valence-corrected chi connectivity index (χ0v) is 17.2. The van der Waals surface area contributed by atoms with E-state index < -0.39 is 0 Å². The molecule has 0 spiro atoms. The molecule has 3 rings (SSSR count). The molecular formula is C18H24IN3OS. The van der Waals surface area contributed by atoms with Gasteiger partial charge in [-0.3, -0.25) is 4.99 Å². The summed E-state index contributed by atoms with van der Waals surface area (Å²) in [7, 11) is 1.81. The quantitative estimate of drug-likeness (QED) is 0.416. The van der Waals surface area contributed by atoms with Crippen LogP contribution in [0.2, 0.25) is 0 Å². The van der Waals surface area contributed by atoms with E-state index in [1.165, 1.54) is 16.0 Å². The average Bonchev–Trinajstić information content (AvgIpc) is 3.00. The number of hydrogen-bond donors (Lipinski definition) is 2. The summed E-state index contributed by atoms with van der Waals surface area (Å²) in [6.45, 7) is 4.60. The van der Waals surface area contributed by atoms with Crippen LogP contribution in [0.3, 0.4) is 0 Å². The van der Waals surface area contributed by atoms with Gasteiger partial charge in [0, 0.05) is 24.4 Å². The molecule has 0 saturated heterocycles. The summed E-state index contributed by atoms with van der Waals surface area (Å²) < 4.78 is 5.72.